The van der Waals surface area contributed by atoms with Gasteiger partial charge in [0.1, 0.15) is 13.2 Å². The second-order valence-electron chi connectivity index (χ2n) is 5.04. The van der Waals surface area contributed by atoms with E-state index in [1.807, 2.05) is 18.2 Å². The van der Waals surface area contributed by atoms with Gasteiger partial charge in [0.2, 0.25) is 10.0 Å². The van der Waals surface area contributed by atoms with Crippen LogP contribution in [0.4, 0.5) is 0 Å². The molecule has 0 spiro atoms. The molecule has 1 N–H and O–H groups in total. The molecular formula is C16H16ClNO4S. The number of nitrogens with one attached hydrogen (secondary N) is 1. The van der Waals surface area contributed by atoms with Crippen molar-refractivity contribution in [1.82, 2.24) is 4.72 Å². The summed E-state index contributed by atoms with van der Waals surface area (Å²) in [6.07, 6.45) is 0.517. The molecule has 2 aromatic rings. The van der Waals surface area contributed by atoms with E-state index in [2.05, 4.69) is 4.72 Å². The summed E-state index contributed by atoms with van der Waals surface area (Å²) < 4.78 is 38.1. The molecule has 0 radical (unpaired) electrons. The van der Waals surface area contributed by atoms with Crippen LogP contribution in [0.5, 0.6) is 11.5 Å². The Morgan fingerprint density at radius 3 is 2.57 bits per heavy atom. The predicted octanol–water partition coefficient (Wildman–Crippen LogP) is 2.63. The molecule has 1 heterocycles. The normalized spacial score (nSPS) is 13.8. The van der Waals surface area contributed by atoms with Crippen LogP contribution >= 0.6 is 11.6 Å². The molecule has 3 rings (SSSR count). The molecule has 23 heavy (non-hydrogen) atoms. The first-order valence-corrected chi connectivity index (χ1v) is 9.05. The maximum atomic E-state index is 12.4. The van der Waals surface area contributed by atoms with Crippen LogP contribution in [-0.2, 0) is 16.4 Å². The maximum absolute atomic E-state index is 12.4. The van der Waals surface area contributed by atoms with Crippen LogP contribution in [0.15, 0.2) is 47.4 Å². The van der Waals surface area contributed by atoms with Gasteiger partial charge in [0.05, 0.1) is 4.90 Å². The Balaban J connectivity index is 1.68. The van der Waals surface area contributed by atoms with Gasteiger partial charge in [-0.25, -0.2) is 13.1 Å². The van der Waals surface area contributed by atoms with Gasteiger partial charge >= 0.3 is 0 Å². The van der Waals surface area contributed by atoms with Gasteiger partial charge < -0.3 is 9.47 Å². The Kier molecular flexibility index (Phi) is 4.75. The molecule has 7 heteroatoms. The highest BCUT2D eigenvalue weighted by atomic mass is 35.5. The minimum Gasteiger partial charge on any atom is -0.486 e. The van der Waals surface area contributed by atoms with Crippen molar-refractivity contribution in [2.24, 2.45) is 0 Å². The van der Waals surface area contributed by atoms with E-state index in [4.69, 9.17) is 21.1 Å². The van der Waals surface area contributed by atoms with E-state index in [1.165, 1.54) is 12.1 Å². The number of halogens is 1. The van der Waals surface area contributed by atoms with Crippen molar-refractivity contribution in [3.05, 3.63) is 53.1 Å². The SMILES string of the molecule is O=S(=O)(NCCc1ccccc1Cl)c1ccc2c(c1)OCCO2. The molecule has 2 aromatic carbocycles. The van der Waals surface area contributed by atoms with Gasteiger partial charge in [-0.05, 0) is 30.2 Å². The van der Waals surface area contributed by atoms with Gasteiger partial charge in [0.15, 0.2) is 11.5 Å². The van der Waals surface area contributed by atoms with E-state index < -0.39 is 10.0 Å². The van der Waals surface area contributed by atoms with E-state index in [0.29, 0.717) is 36.2 Å². The van der Waals surface area contributed by atoms with Gasteiger partial charge in [-0.2, -0.15) is 0 Å². The van der Waals surface area contributed by atoms with Crippen LogP contribution in [0.2, 0.25) is 5.02 Å². The minimum absolute atomic E-state index is 0.154. The fraction of sp³-hybridized carbons (Fsp3) is 0.250. The predicted molar refractivity (Wildman–Crippen MR) is 87.8 cm³/mol. The molecule has 0 bridgehead atoms. The maximum Gasteiger partial charge on any atom is 0.240 e. The summed E-state index contributed by atoms with van der Waals surface area (Å²) in [4.78, 5) is 0.154. The summed E-state index contributed by atoms with van der Waals surface area (Å²) in [6, 6.07) is 12.0. The Bertz CT molecular complexity index is 807. The number of rotatable bonds is 5. The number of fused-ring (bicyclic) bond motifs is 1. The average molecular weight is 354 g/mol. The van der Waals surface area contributed by atoms with E-state index in [-0.39, 0.29) is 11.4 Å². The lowest BCUT2D eigenvalue weighted by Gasteiger charge is -2.19. The zero-order valence-electron chi connectivity index (χ0n) is 12.3. The first-order chi connectivity index (χ1) is 11.1. The van der Waals surface area contributed by atoms with Gasteiger partial charge in [-0.1, -0.05) is 29.8 Å². The van der Waals surface area contributed by atoms with Crippen molar-refractivity contribution in [1.29, 1.82) is 0 Å². The second kappa shape index (κ2) is 6.78. The standard InChI is InChI=1S/C16H16ClNO4S/c17-14-4-2-1-3-12(14)7-8-18-23(19,20)13-5-6-15-16(11-13)22-10-9-21-15/h1-6,11,18H,7-10H2. The quantitative estimate of drug-likeness (QED) is 0.897. The lowest BCUT2D eigenvalue weighted by Crippen LogP contribution is -2.26. The molecule has 122 valence electrons. The monoisotopic (exact) mass is 353 g/mol. The summed E-state index contributed by atoms with van der Waals surface area (Å²) in [7, 11) is -3.61. The molecule has 0 fully saturated rings. The fourth-order valence-electron chi connectivity index (χ4n) is 2.30. The van der Waals surface area contributed by atoms with Crippen LogP contribution in [0, 0.1) is 0 Å². The van der Waals surface area contributed by atoms with Crippen LogP contribution < -0.4 is 14.2 Å². The Morgan fingerprint density at radius 2 is 1.78 bits per heavy atom. The molecule has 5 nitrogen and oxygen atoms in total. The Morgan fingerprint density at radius 1 is 1.04 bits per heavy atom. The van der Waals surface area contributed by atoms with E-state index >= 15 is 0 Å². The van der Waals surface area contributed by atoms with Crippen LogP contribution in [0.25, 0.3) is 0 Å². The number of hydrogen-bond donors (Lipinski definition) is 1. The molecule has 1 aliphatic rings. The van der Waals surface area contributed by atoms with Crippen LogP contribution in [0.1, 0.15) is 5.56 Å². The lowest BCUT2D eigenvalue weighted by atomic mass is 10.1. The summed E-state index contributed by atoms with van der Waals surface area (Å²) in [6.45, 7) is 1.14. The highest BCUT2D eigenvalue weighted by Gasteiger charge is 2.19. The molecule has 0 saturated heterocycles. The third-order valence-corrected chi connectivity index (χ3v) is 5.30. The van der Waals surface area contributed by atoms with E-state index in [0.717, 1.165) is 5.56 Å². The molecule has 0 aliphatic carbocycles. The molecule has 0 atom stereocenters. The highest BCUT2D eigenvalue weighted by molar-refractivity contribution is 7.89. The van der Waals surface area contributed by atoms with Crippen molar-refractivity contribution in [3.63, 3.8) is 0 Å². The topological polar surface area (TPSA) is 64.6 Å². The zero-order valence-corrected chi connectivity index (χ0v) is 13.9. The van der Waals surface area contributed by atoms with Crippen molar-refractivity contribution in [3.8, 4) is 11.5 Å². The van der Waals surface area contributed by atoms with Gasteiger partial charge in [-0.15, -0.1) is 0 Å². The number of hydrogen-bond acceptors (Lipinski definition) is 4. The van der Waals surface area contributed by atoms with Crippen molar-refractivity contribution < 1.29 is 17.9 Å². The molecule has 0 aromatic heterocycles. The van der Waals surface area contributed by atoms with Gasteiger partial charge in [0, 0.05) is 17.6 Å². The summed E-state index contributed by atoms with van der Waals surface area (Å²) in [5, 5.41) is 0.631. The van der Waals surface area contributed by atoms with Crippen LogP contribution in [-0.4, -0.2) is 28.2 Å². The lowest BCUT2D eigenvalue weighted by molar-refractivity contribution is 0.171. The number of sulfonamides is 1. The van der Waals surface area contributed by atoms with E-state index in [9.17, 15) is 8.42 Å². The smallest absolute Gasteiger partial charge is 0.240 e. The Hall–Kier alpha value is -1.76. The van der Waals surface area contributed by atoms with Gasteiger partial charge in [-0.3, -0.25) is 0 Å². The summed E-state index contributed by atoms with van der Waals surface area (Å²) >= 11 is 6.06. The third-order valence-electron chi connectivity index (χ3n) is 3.47. The average Bonchev–Trinajstić information content (AvgIpc) is 2.56. The summed E-state index contributed by atoms with van der Waals surface area (Å²) in [5.74, 6) is 1.01. The van der Waals surface area contributed by atoms with Crippen molar-refractivity contribution in [2.45, 2.75) is 11.3 Å². The fourth-order valence-corrected chi connectivity index (χ4v) is 3.57. The molecule has 0 amide bonds. The zero-order chi connectivity index (χ0) is 16.3. The molecular weight excluding hydrogens is 338 g/mol. The summed E-state index contributed by atoms with van der Waals surface area (Å²) in [5.41, 5.74) is 0.902. The number of ether oxygens (including phenoxy) is 2. The molecule has 0 saturated carbocycles. The van der Waals surface area contributed by atoms with Crippen LogP contribution in [0.3, 0.4) is 0 Å². The number of benzene rings is 2. The van der Waals surface area contributed by atoms with Crippen molar-refractivity contribution >= 4 is 21.6 Å². The highest BCUT2D eigenvalue weighted by Crippen LogP contribution is 2.32. The van der Waals surface area contributed by atoms with Gasteiger partial charge in [0.25, 0.3) is 0 Å². The minimum atomic E-state index is -3.61. The van der Waals surface area contributed by atoms with Crippen molar-refractivity contribution in [2.75, 3.05) is 19.8 Å². The first-order valence-electron chi connectivity index (χ1n) is 7.19. The third kappa shape index (κ3) is 3.77. The van der Waals surface area contributed by atoms with E-state index in [1.54, 1.807) is 12.1 Å². The second-order valence-corrected chi connectivity index (χ2v) is 7.22. The Labute approximate surface area is 140 Å². The molecule has 1 aliphatic heterocycles. The largest absolute Gasteiger partial charge is 0.486 e. The first kappa shape index (κ1) is 16.1. The molecule has 0 unspecified atom stereocenters.